The molecule has 1 aromatic heterocycles. The average Bonchev–Trinajstić information content (AvgIpc) is 2.41. The third kappa shape index (κ3) is 3.25. The summed E-state index contributed by atoms with van der Waals surface area (Å²) in [5.41, 5.74) is 0.0324. The second-order valence-corrected chi connectivity index (χ2v) is 4.31. The van der Waals surface area contributed by atoms with Gasteiger partial charge in [-0.25, -0.2) is 14.2 Å². The van der Waals surface area contributed by atoms with E-state index in [4.69, 9.17) is 4.74 Å². The maximum absolute atomic E-state index is 13.6. The van der Waals surface area contributed by atoms with Crippen LogP contribution in [0.4, 0.5) is 4.39 Å². The first-order valence-electron chi connectivity index (χ1n) is 5.14. The summed E-state index contributed by atoms with van der Waals surface area (Å²) >= 11 is 3.13. The molecule has 0 aliphatic carbocycles. The Kier molecular flexibility index (Phi) is 4.06. The van der Waals surface area contributed by atoms with Crippen molar-refractivity contribution in [2.75, 3.05) is 7.11 Å². The van der Waals surface area contributed by atoms with Crippen molar-refractivity contribution in [2.24, 2.45) is 0 Å². The fraction of sp³-hybridized carbons (Fsp3) is 0.0833. The van der Waals surface area contributed by atoms with Crippen molar-refractivity contribution in [1.29, 1.82) is 0 Å². The van der Waals surface area contributed by atoms with Gasteiger partial charge in [0.25, 0.3) is 0 Å². The van der Waals surface area contributed by atoms with E-state index in [9.17, 15) is 9.18 Å². The Labute approximate surface area is 116 Å². The zero-order valence-corrected chi connectivity index (χ0v) is 11.3. The van der Waals surface area contributed by atoms with Crippen molar-refractivity contribution in [2.45, 2.75) is 0 Å². The number of halogens is 2. The van der Waals surface area contributed by atoms with Gasteiger partial charge in [0.15, 0.2) is 17.3 Å². The summed E-state index contributed by atoms with van der Waals surface area (Å²) < 4.78 is 23.8. The number of hydrogen-bond acceptors (Lipinski definition) is 5. The zero-order chi connectivity index (χ0) is 13.8. The predicted octanol–water partition coefficient (Wildman–Crippen LogP) is 2.96. The lowest BCUT2D eigenvalue weighted by atomic mass is 10.3. The van der Waals surface area contributed by atoms with Crippen LogP contribution in [0.15, 0.2) is 34.9 Å². The number of ether oxygens (including phenoxy) is 2. The molecule has 0 bridgehead atoms. The van der Waals surface area contributed by atoms with Crippen molar-refractivity contribution in [3.63, 3.8) is 0 Å². The SMILES string of the molecule is COC(=O)c1ccnc(Oc2ccc(Br)cc2F)n1. The molecule has 0 saturated carbocycles. The lowest BCUT2D eigenvalue weighted by Crippen LogP contribution is -2.05. The molecule has 98 valence electrons. The Bertz CT molecular complexity index is 622. The summed E-state index contributed by atoms with van der Waals surface area (Å²) in [6.07, 6.45) is 1.32. The Morgan fingerprint density at radius 3 is 2.84 bits per heavy atom. The van der Waals surface area contributed by atoms with Crippen molar-refractivity contribution >= 4 is 21.9 Å². The van der Waals surface area contributed by atoms with Gasteiger partial charge in [-0.3, -0.25) is 0 Å². The van der Waals surface area contributed by atoms with E-state index in [1.807, 2.05) is 0 Å². The second-order valence-electron chi connectivity index (χ2n) is 3.39. The van der Waals surface area contributed by atoms with Crippen LogP contribution >= 0.6 is 15.9 Å². The Balaban J connectivity index is 2.26. The van der Waals surface area contributed by atoms with Crippen LogP contribution in [0.5, 0.6) is 11.8 Å². The molecule has 0 fully saturated rings. The van der Waals surface area contributed by atoms with E-state index in [-0.39, 0.29) is 17.5 Å². The van der Waals surface area contributed by atoms with Gasteiger partial charge in [0.2, 0.25) is 0 Å². The van der Waals surface area contributed by atoms with Crippen molar-refractivity contribution in [3.8, 4) is 11.8 Å². The van der Waals surface area contributed by atoms with E-state index in [0.717, 1.165) is 0 Å². The molecule has 7 heteroatoms. The van der Waals surface area contributed by atoms with Crippen LogP contribution < -0.4 is 4.74 Å². The predicted molar refractivity (Wildman–Crippen MR) is 67.5 cm³/mol. The molecule has 0 radical (unpaired) electrons. The number of benzene rings is 1. The van der Waals surface area contributed by atoms with Crippen LogP contribution in [0.25, 0.3) is 0 Å². The highest BCUT2D eigenvalue weighted by Gasteiger charge is 2.11. The third-order valence-electron chi connectivity index (χ3n) is 2.12. The normalized spacial score (nSPS) is 10.1. The largest absolute Gasteiger partial charge is 0.464 e. The number of carbonyl (C=O) groups is 1. The van der Waals surface area contributed by atoms with Crippen LogP contribution in [0.1, 0.15) is 10.5 Å². The van der Waals surface area contributed by atoms with Crippen molar-refractivity contribution in [3.05, 3.63) is 46.4 Å². The number of methoxy groups -OCH3 is 1. The lowest BCUT2D eigenvalue weighted by molar-refractivity contribution is 0.0592. The van der Waals surface area contributed by atoms with Gasteiger partial charge >= 0.3 is 12.0 Å². The van der Waals surface area contributed by atoms with E-state index < -0.39 is 11.8 Å². The number of rotatable bonds is 3. The molecule has 0 N–H and O–H groups in total. The van der Waals surface area contributed by atoms with Crippen LogP contribution in [0.2, 0.25) is 0 Å². The minimum absolute atomic E-state index is 0.0324. The van der Waals surface area contributed by atoms with Crippen molar-refractivity contribution < 1.29 is 18.7 Å². The third-order valence-corrected chi connectivity index (χ3v) is 2.62. The molecule has 1 aromatic carbocycles. The van der Waals surface area contributed by atoms with Crippen molar-refractivity contribution in [1.82, 2.24) is 9.97 Å². The maximum atomic E-state index is 13.6. The molecule has 0 unspecified atom stereocenters. The van der Waals surface area contributed by atoms with Gasteiger partial charge in [-0.2, -0.15) is 4.98 Å². The molecule has 19 heavy (non-hydrogen) atoms. The number of carbonyl (C=O) groups excluding carboxylic acids is 1. The van der Waals surface area contributed by atoms with E-state index in [0.29, 0.717) is 4.47 Å². The summed E-state index contributed by atoms with van der Waals surface area (Å²) in [7, 11) is 1.24. The summed E-state index contributed by atoms with van der Waals surface area (Å²) in [6.45, 7) is 0. The Morgan fingerprint density at radius 1 is 1.37 bits per heavy atom. The van der Waals surface area contributed by atoms with Gasteiger partial charge in [0, 0.05) is 10.7 Å². The molecule has 0 atom stereocenters. The molecule has 0 amide bonds. The van der Waals surface area contributed by atoms with Crippen LogP contribution in [0.3, 0.4) is 0 Å². The smallest absolute Gasteiger partial charge is 0.356 e. The molecule has 2 aromatic rings. The molecular formula is C12H8BrFN2O3. The topological polar surface area (TPSA) is 61.3 Å². The minimum atomic E-state index is -0.622. The summed E-state index contributed by atoms with van der Waals surface area (Å²) in [4.78, 5) is 18.9. The van der Waals surface area contributed by atoms with Gasteiger partial charge in [-0.1, -0.05) is 15.9 Å². The number of hydrogen-bond donors (Lipinski definition) is 0. The molecule has 2 rings (SSSR count). The second kappa shape index (κ2) is 5.75. The molecular weight excluding hydrogens is 319 g/mol. The first-order chi connectivity index (χ1) is 9.10. The summed E-state index contributed by atoms with van der Waals surface area (Å²) in [6, 6.07) is 5.52. The molecule has 0 spiro atoms. The first-order valence-corrected chi connectivity index (χ1v) is 5.93. The van der Waals surface area contributed by atoms with Gasteiger partial charge in [-0.15, -0.1) is 0 Å². The van der Waals surface area contributed by atoms with Gasteiger partial charge in [0.1, 0.15) is 0 Å². The van der Waals surface area contributed by atoms with Gasteiger partial charge < -0.3 is 9.47 Å². The van der Waals surface area contributed by atoms with E-state index in [2.05, 4.69) is 30.6 Å². The number of esters is 1. The van der Waals surface area contributed by atoms with E-state index in [1.165, 1.54) is 31.5 Å². The quantitative estimate of drug-likeness (QED) is 0.811. The number of nitrogens with zero attached hydrogens (tertiary/aromatic N) is 2. The average molecular weight is 327 g/mol. The molecule has 0 aliphatic heterocycles. The van der Waals surface area contributed by atoms with Gasteiger partial charge in [-0.05, 0) is 24.3 Å². The fourth-order valence-electron chi connectivity index (χ4n) is 1.26. The highest BCUT2D eigenvalue weighted by atomic mass is 79.9. The minimum Gasteiger partial charge on any atom is -0.464 e. The first kappa shape index (κ1) is 13.4. The summed E-state index contributed by atoms with van der Waals surface area (Å²) in [5.74, 6) is -1.23. The Morgan fingerprint density at radius 2 is 2.16 bits per heavy atom. The van der Waals surface area contributed by atoms with Crippen LogP contribution in [-0.4, -0.2) is 23.0 Å². The monoisotopic (exact) mass is 326 g/mol. The standard InChI is InChI=1S/C12H8BrFN2O3/c1-18-11(17)9-4-5-15-12(16-9)19-10-3-2-7(13)6-8(10)14/h2-6H,1H3. The fourth-order valence-corrected chi connectivity index (χ4v) is 1.60. The molecule has 0 aliphatic rings. The highest BCUT2D eigenvalue weighted by Crippen LogP contribution is 2.24. The molecule has 1 heterocycles. The zero-order valence-electron chi connectivity index (χ0n) is 9.76. The Hall–Kier alpha value is -2.02. The summed E-state index contributed by atoms with van der Waals surface area (Å²) in [5, 5.41) is 0. The van der Waals surface area contributed by atoms with Gasteiger partial charge in [0.05, 0.1) is 7.11 Å². The lowest BCUT2D eigenvalue weighted by Gasteiger charge is -2.05. The van der Waals surface area contributed by atoms with Crippen LogP contribution in [-0.2, 0) is 4.74 Å². The highest BCUT2D eigenvalue weighted by molar-refractivity contribution is 9.10. The molecule has 0 saturated heterocycles. The van der Waals surface area contributed by atoms with E-state index >= 15 is 0 Å². The van der Waals surface area contributed by atoms with Crippen LogP contribution in [0, 0.1) is 5.82 Å². The molecule has 5 nitrogen and oxygen atoms in total. The number of aromatic nitrogens is 2. The maximum Gasteiger partial charge on any atom is 0.356 e. The van der Waals surface area contributed by atoms with E-state index in [1.54, 1.807) is 6.07 Å².